The van der Waals surface area contributed by atoms with Gasteiger partial charge in [0.1, 0.15) is 5.82 Å². The maximum atomic E-state index is 10.7. The highest BCUT2D eigenvalue weighted by Gasteiger charge is 2.16. The summed E-state index contributed by atoms with van der Waals surface area (Å²) in [5.41, 5.74) is 1.88. The predicted octanol–water partition coefficient (Wildman–Crippen LogP) is 3.70. The fourth-order valence-corrected chi connectivity index (χ4v) is 3.03. The molecule has 1 fully saturated rings. The van der Waals surface area contributed by atoms with Crippen molar-refractivity contribution in [3.05, 3.63) is 72.3 Å². The molecule has 26 heavy (non-hydrogen) atoms. The summed E-state index contributed by atoms with van der Waals surface area (Å²) >= 11 is 0. The van der Waals surface area contributed by atoms with Crippen LogP contribution in [0.3, 0.4) is 0 Å². The van der Waals surface area contributed by atoms with Crippen LogP contribution in [0.5, 0.6) is 0 Å². The minimum absolute atomic E-state index is 0.249. The maximum absolute atomic E-state index is 10.7. The van der Waals surface area contributed by atoms with Gasteiger partial charge in [0.15, 0.2) is 5.82 Å². The molecular weight excluding hydrogens is 326 g/mol. The lowest BCUT2D eigenvalue weighted by Crippen LogP contribution is -2.29. The van der Waals surface area contributed by atoms with Crippen LogP contribution in [-0.4, -0.2) is 28.0 Å². The van der Waals surface area contributed by atoms with Crippen LogP contribution >= 0.6 is 0 Å². The fraction of sp³-hybridized carbons (Fsp3) is 0.200. The summed E-state index contributed by atoms with van der Waals surface area (Å²) in [7, 11) is 0. The summed E-state index contributed by atoms with van der Waals surface area (Å²) < 4.78 is 1.000. The van der Waals surface area contributed by atoms with E-state index in [1.54, 1.807) is 0 Å². The van der Waals surface area contributed by atoms with Crippen molar-refractivity contribution in [1.29, 1.82) is 0 Å². The molecule has 4 rings (SSSR count). The van der Waals surface area contributed by atoms with Crippen molar-refractivity contribution in [2.45, 2.75) is 12.8 Å². The van der Waals surface area contributed by atoms with E-state index < -0.39 is 0 Å². The number of hydrogen-bond acceptors (Lipinski definition) is 5. The number of rotatable bonds is 4. The number of para-hydroxylation sites is 2. The lowest BCUT2D eigenvalue weighted by atomic mass is 10.3. The zero-order chi connectivity index (χ0) is 17.8. The first-order chi connectivity index (χ1) is 12.8. The van der Waals surface area contributed by atoms with Crippen molar-refractivity contribution in [2.24, 2.45) is 4.99 Å². The Bertz CT molecular complexity index is 931. The van der Waals surface area contributed by atoms with Gasteiger partial charge in [-0.05, 0) is 37.1 Å². The van der Waals surface area contributed by atoms with Gasteiger partial charge in [-0.25, -0.2) is 4.99 Å². The highest BCUT2D eigenvalue weighted by atomic mass is 16.5. The van der Waals surface area contributed by atoms with Gasteiger partial charge in [-0.3, -0.25) is 0 Å². The minimum Gasteiger partial charge on any atom is -0.423 e. The van der Waals surface area contributed by atoms with Crippen molar-refractivity contribution in [3.63, 3.8) is 0 Å². The van der Waals surface area contributed by atoms with Crippen molar-refractivity contribution < 1.29 is 5.21 Å². The molecular formula is C20H21N5O. The van der Waals surface area contributed by atoms with E-state index in [0.717, 1.165) is 47.9 Å². The molecule has 1 saturated heterocycles. The molecule has 2 N–H and O–H groups in total. The van der Waals surface area contributed by atoms with E-state index in [2.05, 4.69) is 20.2 Å². The van der Waals surface area contributed by atoms with E-state index in [1.165, 1.54) is 0 Å². The Morgan fingerprint density at radius 3 is 2.27 bits per heavy atom. The molecule has 1 aliphatic rings. The van der Waals surface area contributed by atoms with E-state index >= 15 is 0 Å². The lowest BCUT2D eigenvalue weighted by molar-refractivity contribution is 0.173. The molecule has 0 spiro atoms. The second kappa shape index (κ2) is 7.31. The van der Waals surface area contributed by atoms with Crippen LogP contribution in [0.15, 0.2) is 71.7 Å². The summed E-state index contributed by atoms with van der Waals surface area (Å²) in [5, 5.41) is 13.9. The molecule has 1 aliphatic heterocycles. The number of benzene rings is 2. The maximum Gasteiger partial charge on any atom is 0.267 e. The molecule has 6 nitrogen and oxygen atoms in total. The topological polar surface area (TPSA) is 65.7 Å². The largest absolute Gasteiger partial charge is 0.423 e. The molecule has 3 aromatic rings. The smallest absolute Gasteiger partial charge is 0.267 e. The highest BCUT2D eigenvalue weighted by molar-refractivity contribution is 5.59. The first-order valence-corrected chi connectivity index (χ1v) is 8.80. The van der Waals surface area contributed by atoms with Gasteiger partial charge in [-0.15, -0.1) is 4.73 Å². The number of nitrogens with zero attached hydrogens (tertiary/aromatic N) is 4. The second-order valence-corrected chi connectivity index (χ2v) is 6.24. The van der Waals surface area contributed by atoms with E-state index in [4.69, 9.17) is 0 Å². The minimum atomic E-state index is 0.249. The van der Waals surface area contributed by atoms with Crippen molar-refractivity contribution >= 4 is 23.0 Å². The van der Waals surface area contributed by atoms with Gasteiger partial charge in [0.25, 0.3) is 5.62 Å². The predicted molar refractivity (Wildman–Crippen MR) is 102 cm³/mol. The normalized spacial score (nSPS) is 14.6. The quantitative estimate of drug-likeness (QED) is 0.706. The molecule has 0 atom stereocenters. The first kappa shape index (κ1) is 16.2. The Labute approximate surface area is 152 Å². The van der Waals surface area contributed by atoms with Gasteiger partial charge in [0.05, 0.1) is 5.69 Å². The third-order valence-corrected chi connectivity index (χ3v) is 4.36. The first-order valence-electron chi connectivity index (χ1n) is 8.80. The highest BCUT2D eigenvalue weighted by Crippen LogP contribution is 2.22. The van der Waals surface area contributed by atoms with Crippen LogP contribution in [0.25, 0.3) is 0 Å². The Morgan fingerprint density at radius 2 is 1.58 bits per heavy atom. The van der Waals surface area contributed by atoms with Crippen LogP contribution in [0.4, 0.5) is 23.0 Å². The average Bonchev–Trinajstić information content (AvgIpc) is 3.21. The third-order valence-electron chi connectivity index (χ3n) is 4.36. The molecule has 6 heteroatoms. The molecule has 0 aliphatic carbocycles. The average molecular weight is 347 g/mol. The fourth-order valence-electron chi connectivity index (χ4n) is 3.03. The van der Waals surface area contributed by atoms with Gasteiger partial charge >= 0.3 is 0 Å². The van der Waals surface area contributed by atoms with Crippen molar-refractivity contribution in [1.82, 2.24) is 9.71 Å². The SMILES string of the molecule is On1c(Nc2ccccc2)cc(N2CCCC2)nc1=Nc1ccccc1. The number of aromatic nitrogens is 2. The molecule has 132 valence electrons. The molecule has 0 unspecified atom stereocenters. The Hall–Kier alpha value is -3.28. The zero-order valence-corrected chi connectivity index (χ0v) is 14.4. The summed E-state index contributed by atoms with van der Waals surface area (Å²) in [5.74, 6) is 1.35. The zero-order valence-electron chi connectivity index (χ0n) is 14.4. The molecule has 1 aromatic heterocycles. The van der Waals surface area contributed by atoms with Gasteiger partial charge in [-0.2, -0.15) is 4.98 Å². The number of nitrogens with one attached hydrogen (secondary N) is 1. The number of hydrogen-bond donors (Lipinski definition) is 2. The summed E-state index contributed by atoms with van der Waals surface area (Å²) in [6.07, 6.45) is 2.31. The summed E-state index contributed by atoms with van der Waals surface area (Å²) in [4.78, 5) is 11.3. The monoisotopic (exact) mass is 347 g/mol. The van der Waals surface area contributed by atoms with Crippen molar-refractivity contribution in [2.75, 3.05) is 23.3 Å². The molecule has 0 bridgehead atoms. The Balaban J connectivity index is 1.80. The Kier molecular flexibility index (Phi) is 4.55. The van der Waals surface area contributed by atoms with E-state index in [0.29, 0.717) is 5.82 Å². The Morgan fingerprint density at radius 1 is 0.923 bits per heavy atom. The molecule has 2 heterocycles. The van der Waals surface area contributed by atoms with Gasteiger partial charge in [0.2, 0.25) is 0 Å². The lowest BCUT2D eigenvalue weighted by Gasteiger charge is -2.19. The van der Waals surface area contributed by atoms with E-state index in [-0.39, 0.29) is 5.62 Å². The third kappa shape index (κ3) is 3.54. The number of anilines is 3. The van der Waals surface area contributed by atoms with Crippen molar-refractivity contribution in [3.8, 4) is 0 Å². The molecule has 0 amide bonds. The molecule has 0 saturated carbocycles. The molecule has 0 radical (unpaired) electrons. The summed E-state index contributed by atoms with van der Waals surface area (Å²) in [6, 6.07) is 21.1. The van der Waals surface area contributed by atoms with Crippen LogP contribution < -0.4 is 15.8 Å². The van der Waals surface area contributed by atoms with Gasteiger partial charge in [0, 0.05) is 24.8 Å². The summed E-state index contributed by atoms with van der Waals surface area (Å²) in [6.45, 7) is 1.94. The van der Waals surface area contributed by atoms with Crippen LogP contribution in [0, 0.1) is 0 Å². The standard InChI is InChI=1S/C20H21N5O/c26-25-19(21-16-9-3-1-4-10-16)15-18(24-13-7-8-14-24)23-20(25)22-17-11-5-2-6-12-17/h1-6,9-12,15,21,26H,7-8,13-14H2. The van der Waals surface area contributed by atoms with Crippen LogP contribution in [-0.2, 0) is 0 Å². The van der Waals surface area contributed by atoms with Crippen LogP contribution in [0.1, 0.15) is 12.8 Å². The second-order valence-electron chi connectivity index (χ2n) is 6.24. The van der Waals surface area contributed by atoms with Crippen LogP contribution in [0.2, 0.25) is 0 Å². The van der Waals surface area contributed by atoms with E-state index in [1.807, 2.05) is 66.7 Å². The van der Waals surface area contributed by atoms with E-state index in [9.17, 15) is 5.21 Å². The van der Waals surface area contributed by atoms with Gasteiger partial charge in [-0.1, -0.05) is 36.4 Å². The molecule has 2 aromatic carbocycles. The van der Waals surface area contributed by atoms with Gasteiger partial charge < -0.3 is 15.4 Å².